The Morgan fingerprint density at radius 1 is 0.700 bits per heavy atom. The molecule has 2 nitrogen and oxygen atoms in total. The molecular formula is C18H10N2. The largest absolute Gasteiger partial charge is 0.237 e. The summed E-state index contributed by atoms with van der Waals surface area (Å²) in [5.74, 6) is 0. The lowest BCUT2D eigenvalue weighted by Crippen LogP contribution is -1.76. The molecule has 92 valence electrons. The van der Waals surface area contributed by atoms with Crippen LogP contribution in [0.2, 0.25) is 0 Å². The molecule has 0 fully saturated rings. The average Bonchev–Trinajstić information content (AvgIpc) is 2.79. The number of fused-ring (bicyclic) bond motifs is 2. The Balaban J connectivity index is 2.36. The van der Waals surface area contributed by atoms with Gasteiger partial charge in [0.25, 0.3) is 0 Å². The maximum atomic E-state index is 4.66. The quantitative estimate of drug-likeness (QED) is 0.416. The van der Waals surface area contributed by atoms with Crippen molar-refractivity contribution < 1.29 is 0 Å². The summed E-state index contributed by atoms with van der Waals surface area (Å²) in [6, 6.07) is 19.2. The first-order valence-corrected chi connectivity index (χ1v) is 6.70. The molecule has 0 saturated carbocycles. The predicted molar refractivity (Wildman–Crippen MR) is 81.0 cm³/mol. The summed E-state index contributed by atoms with van der Waals surface area (Å²) in [7, 11) is 0. The minimum atomic E-state index is 0.842. The molecule has 0 N–H and O–H groups in total. The van der Waals surface area contributed by atoms with E-state index >= 15 is 0 Å². The Hall–Kier alpha value is -2.74. The third-order valence-electron chi connectivity index (χ3n) is 4.04. The van der Waals surface area contributed by atoms with E-state index in [0.717, 1.165) is 11.2 Å². The van der Waals surface area contributed by atoms with Crippen molar-refractivity contribution in [2.45, 2.75) is 0 Å². The van der Waals surface area contributed by atoms with Crippen molar-refractivity contribution in [2.24, 2.45) is 0 Å². The molecular weight excluding hydrogens is 244 g/mol. The zero-order chi connectivity index (χ0) is 13.1. The van der Waals surface area contributed by atoms with Crippen molar-refractivity contribution in [1.29, 1.82) is 0 Å². The highest BCUT2D eigenvalue weighted by molar-refractivity contribution is 6.02. The summed E-state index contributed by atoms with van der Waals surface area (Å²) in [6.45, 7) is 0. The SMILES string of the molecule is c1ccc2c(c1)cc1ccnc3nc4cccc2c4=c13. The van der Waals surface area contributed by atoms with Gasteiger partial charge >= 0.3 is 0 Å². The first kappa shape index (κ1) is 10.1. The van der Waals surface area contributed by atoms with E-state index in [0.29, 0.717) is 0 Å². The van der Waals surface area contributed by atoms with Gasteiger partial charge in [0.05, 0.1) is 5.52 Å². The van der Waals surface area contributed by atoms with Crippen LogP contribution < -0.4 is 0 Å². The van der Waals surface area contributed by atoms with E-state index in [1.807, 2.05) is 6.20 Å². The minimum absolute atomic E-state index is 0.842. The molecule has 1 aromatic heterocycles. The molecule has 0 radical (unpaired) electrons. The first-order chi connectivity index (χ1) is 9.92. The smallest absolute Gasteiger partial charge is 0.161 e. The molecule has 5 rings (SSSR count). The second kappa shape index (κ2) is 3.42. The summed E-state index contributed by atoms with van der Waals surface area (Å²) in [5, 5.41) is 7.38. The molecule has 0 unspecified atom stereocenters. The molecule has 0 bridgehead atoms. The van der Waals surface area contributed by atoms with Crippen LogP contribution in [0.1, 0.15) is 0 Å². The lowest BCUT2D eigenvalue weighted by molar-refractivity contribution is 1.33. The van der Waals surface area contributed by atoms with Gasteiger partial charge in [0, 0.05) is 16.6 Å². The summed E-state index contributed by atoms with van der Waals surface area (Å²) in [5.41, 5.74) is 1.87. The Morgan fingerprint density at radius 3 is 2.60 bits per heavy atom. The molecule has 1 aliphatic carbocycles. The summed E-state index contributed by atoms with van der Waals surface area (Å²) < 4.78 is 0. The number of hydrogen-bond donors (Lipinski definition) is 0. The number of nitrogens with zero attached hydrogens (tertiary/aromatic N) is 2. The van der Waals surface area contributed by atoms with E-state index in [-0.39, 0.29) is 0 Å². The molecule has 20 heavy (non-hydrogen) atoms. The Bertz CT molecular complexity index is 1140. The van der Waals surface area contributed by atoms with Crippen LogP contribution >= 0.6 is 0 Å². The van der Waals surface area contributed by atoms with Gasteiger partial charge in [-0.1, -0.05) is 36.4 Å². The normalized spacial score (nSPS) is 12.0. The van der Waals surface area contributed by atoms with Crippen LogP contribution in [0.5, 0.6) is 0 Å². The van der Waals surface area contributed by atoms with E-state index in [9.17, 15) is 0 Å². The second-order valence-electron chi connectivity index (χ2n) is 5.14. The zero-order valence-corrected chi connectivity index (χ0v) is 10.7. The molecule has 2 heterocycles. The van der Waals surface area contributed by atoms with Crippen LogP contribution in [0.15, 0.2) is 60.8 Å². The third kappa shape index (κ3) is 1.14. The molecule has 2 heteroatoms. The lowest BCUT2D eigenvalue weighted by Gasteiger charge is -1.96. The van der Waals surface area contributed by atoms with Crippen LogP contribution in [-0.4, -0.2) is 9.97 Å². The monoisotopic (exact) mass is 254 g/mol. The fourth-order valence-corrected chi connectivity index (χ4v) is 3.20. The van der Waals surface area contributed by atoms with Crippen LogP contribution in [-0.2, 0) is 0 Å². The molecule has 2 aliphatic rings. The number of benzene rings is 2. The minimum Gasteiger partial charge on any atom is -0.237 e. The van der Waals surface area contributed by atoms with Gasteiger partial charge in [-0.05, 0) is 39.7 Å². The van der Waals surface area contributed by atoms with Gasteiger partial charge < -0.3 is 0 Å². The van der Waals surface area contributed by atoms with Gasteiger partial charge in [-0.25, -0.2) is 9.97 Å². The standard InChI is InChI=1S/C18H10N2/c1-2-5-13-11(4-1)10-12-8-9-19-18-16(12)17-14(13)6-3-7-15(17)20-18/h1-10H. The second-order valence-corrected chi connectivity index (χ2v) is 5.14. The van der Waals surface area contributed by atoms with Gasteiger partial charge in [-0.15, -0.1) is 0 Å². The number of hydrogen-bond acceptors (Lipinski definition) is 2. The van der Waals surface area contributed by atoms with E-state index in [4.69, 9.17) is 0 Å². The van der Waals surface area contributed by atoms with Gasteiger partial charge in [-0.3, -0.25) is 0 Å². The highest BCUT2D eigenvalue weighted by Gasteiger charge is 2.09. The molecule has 0 saturated heterocycles. The highest BCUT2D eigenvalue weighted by Crippen LogP contribution is 2.28. The van der Waals surface area contributed by atoms with E-state index in [1.54, 1.807) is 0 Å². The van der Waals surface area contributed by atoms with Crippen LogP contribution in [0.3, 0.4) is 0 Å². The summed E-state index contributed by atoms with van der Waals surface area (Å²) in [4.78, 5) is 9.09. The molecule has 0 amide bonds. The number of rotatable bonds is 0. The van der Waals surface area contributed by atoms with Crippen LogP contribution in [0.25, 0.3) is 32.7 Å². The maximum Gasteiger partial charge on any atom is 0.161 e. The van der Waals surface area contributed by atoms with Crippen molar-refractivity contribution in [1.82, 2.24) is 9.97 Å². The van der Waals surface area contributed by atoms with Crippen LogP contribution in [0.4, 0.5) is 0 Å². The van der Waals surface area contributed by atoms with Gasteiger partial charge in [-0.2, -0.15) is 0 Å². The fraction of sp³-hybridized carbons (Fsp3) is 0. The summed E-state index contributed by atoms with van der Waals surface area (Å²) in [6.07, 6.45) is 1.84. The fourth-order valence-electron chi connectivity index (χ4n) is 3.20. The molecule has 2 aromatic carbocycles. The van der Waals surface area contributed by atoms with Gasteiger partial charge in [0.15, 0.2) is 5.65 Å². The Morgan fingerprint density at radius 2 is 1.60 bits per heavy atom. The Labute approximate surface area is 114 Å². The van der Waals surface area contributed by atoms with Gasteiger partial charge in [0.1, 0.15) is 0 Å². The lowest BCUT2D eigenvalue weighted by atomic mass is 10.1. The van der Waals surface area contributed by atoms with Crippen molar-refractivity contribution in [2.75, 3.05) is 0 Å². The van der Waals surface area contributed by atoms with Crippen molar-refractivity contribution in [3.8, 4) is 0 Å². The average molecular weight is 254 g/mol. The van der Waals surface area contributed by atoms with E-state index < -0.39 is 0 Å². The number of aromatic nitrogens is 2. The van der Waals surface area contributed by atoms with Crippen molar-refractivity contribution in [3.63, 3.8) is 0 Å². The zero-order valence-electron chi connectivity index (χ0n) is 10.7. The molecule has 3 aromatic rings. The topological polar surface area (TPSA) is 25.8 Å². The number of pyridine rings is 1. The van der Waals surface area contributed by atoms with E-state index in [2.05, 4.69) is 64.6 Å². The van der Waals surface area contributed by atoms with E-state index in [1.165, 1.54) is 32.0 Å². The highest BCUT2D eigenvalue weighted by atomic mass is 14.8. The summed E-state index contributed by atoms with van der Waals surface area (Å²) >= 11 is 0. The Kier molecular flexibility index (Phi) is 1.73. The van der Waals surface area contributed by atoms with Crippen molar-refractivity contribution in [3.05, 3.63) is 71.2 Å². The first-order valence-electron chi connectivity index (χ1n) is 6.70. The van der Waals surface area contributed by atoms with Gasteiger partial charge in [0.2, 0.25) is 0 Å². The molecule has 0 spiro atoms. The van der Waals surface area contributed by atoms with Crippen molar-refractivity contribution >= 4 is 32.7 Å². The maximum absolute atomic E-state index is 4.66. The van der Waals surface area contributed by atoms with Crippen LogP contribution in [0, 0.1) is 10.4 Å². The third-order valence-corrected chi connectivity index (χ3v) is 4.04. The predicted octanol–water partition coefficient (Wildman–Crippen LogP) is 4.10. The molecule has 1 aliphatic heterocycles. The molecule has 0 atom stereocenters.